The molecule has 0 saturated carbocycles. The van der Waals surface area contributed by atoms with Gasteiger partial charge in [0.1, 0.15) is 0 Å². The van der Waals surface area contributed by atoms with Gasteiger partial charge in [-0.15, -0.1) is 0 Å². The highest BCUT2D eigenvalue weighted by atomic mass is 16.3. The zero-order valence-electron chi connectivity index (χ0n) is 37.9. The first-order valence-corrected chi connectivity index (χ1v) is 25.2. The van der Waals surface area contributed by atoms with Crippen LogP contribution in [0.3, 0.4) is 0 Å². The van der Waals surface area contributed by atoms with E-state index in [-0.39, 0.29) is 12.5 Å². The maximum absolute atomic E-state index is 12.3. The van der Waals surface area contributed by atoms with Gasteiger partial charge in [0.25, 0.3) is 0 Å². The van der Waals surface area contributed by atoms with Crippen LogP contribution in [0.5, 0.6) is 0 Å². The maximum atomic E-state index is 12.3. The first kappa shape index (κ1) is 54.6. The van der Waals surface area contributed by atoms with E-state index >= 15 is 0 Å². The lowest BCUT2D eigenvalue weighted by Crippen LogP contribution is -2.45. The number of aliphatic hydroxyl groups excluding tert-OH is 2. The largest absolute Gasteiger partial charge is 0.394 e. The standard InChI is InChI=1S/C52H99NO3/c1-3-5-7-9-11-13-15-16-17-18-19-20-21-22-23-24-25-26-27-28-29-30-31-32-33-34-35-36-38-39-41-43-45-47-51(55)50(49-54)53-52(56)48-46-44-42-40-37-14-12-10-8-6-4-2/h10,12,38-39,45,47,50-51,54-55H,3-9,11,13-37,40-44,46,48-49H2,1-2H3,(H,53,56)/b12-10-,39-38+,47-45+. The van der Waals surface area contributed by atoms with Crippen LogP contribution in [0.1, 0.15) is 271 Å². The number of rotatable bonds is 46. The van der Waals surface area contributed by atoms with Crippen molar-refractivity contribution in [3.8, 4) is 0 Å². The lowest BCUT2D eigenvalue weighted by atomic mass is 10.0. The lowest BCUT2D eigenvalue weighted by Gasteiger charge is -2.19. The Morgan fingerprint density at radius 1 is 0.411 bits per heavy atom. The molecule has 0 radical (unpaired) electrons. The Morgan fingerprint density at radius 2 is 0.714 bits per heavy atom. The molecule has 0 aliphatic carbocycles. The second-order valence-corrected chi connectivity index (χ2v) is 17.2. The van der Waals surface area contributed by atoms with Crippen LogP contribution in [-0.2, 0) is 4.79 Å². The Balaban J connectivity index is 3.45. The van der Waals surface area contributed by atoms with Crippen LogP contribution < -0.4 is 5.32 Å². The molecule has 330 valence electrons. The molecule has 56 heavy (non-hydrogen) atoms. The molecule has 1 amide bonds. The van der Waals surface area contributed by atoms with E-state index in [0.717, 1.165) is 44.9 Å². The molecular weight excluding hydrogens is 687 g/mol. The summed E-state index contributed by atoms with van der Waals surface area (Å²) in [7, 11) is 0. The first-order chi connectivity index (χ1) is 27.7. The number of hydrogen-bond donors (Lipinski definition) is 3. The van der Waals surface area contributed by atoms with Crippen molar-refractivity contribution in [2.24, 2.45) is 0 Å². The Labute approximate surface area is 351 Å². The van der Waals surface area contributed by atoms with E-state index in [1.807, 2.05) is 6.08 Å². The number of carbonyl (C=O) groups is 1. The Morgan fingerprint density at radius 3 is 1.09 bits per heavy atom. The minimum Gasteiger partial charge on any atom is -0.394 e. The van der Waals surface area contributed by atoms with E-state index < -0.39 is 12.1 Å². The van der Waals surface area contributed by atoms with Crippen LogP contribution >= 0.6 is 0 Å². The summed E-state index contributed by atoms with van der Waals surface area (Å²) < 4.78 is 0. The summed E-state index contributed by atoms with van der Waals surface area (Å²) in [6.45, 7) is 4.26. The molecule has 4 nitrogen and oxygen atoms in total. The van der Waals surface area contributed by atoms with Crippen LogP contribution in [0, 0.1) is 0 Å². The molecule has 0 bridgehead atoms. The molecule has 2 unspecified atom stereocenters. The van der Waals surface area contributed by atoms with Crippen LogP contribution in [0.25, 0.3) is 0 Å². The number of unbranched alkanes of at least 4 members (excludes halogenated alkanes) is 35. The fourth-order valence-corrected chi connectivity index (χ4v) is 7.71. The van der Waals surface area contributed by atoms with E-state index in [4.69, 9.17) is 0 Å². The molecular formula is C52H99NO3. The predicted octanol–water partition coefficient (Wildman–Crippen LogP) is 16.1. The zero-order chi connectivity index (χ0) is 40.7. The molecule has 0 heterocycles. The summed E-state index contributed by atoms with van der Waals surface area (Å²) in [4.78, 5) is 12.3. The van der Waals surface area contributed by atoms with Crippen molar-refractivity contribution in [2.45, 2.75) is 283 Å². The van der Waals surface area contributed by atoms with E-state index in [9.17, 15) is 15.0 Å². The van der Waals surface area contributed by atoms with Gasteiger partial charge in [-0.1, -0.05) is 249 Å². The van der Waals surface area contributed by atoms with Gasteiger partial charge in [-0.3, -0.25) is 4.79 Å². The normalized spacial score (nSPS) is 13.1. The quantitative estimate of drug-likeness (QED) is 0.0425. The third kappa shape index (κ3) is 43.7. The van der Waals surface area contributed by atoms with Gasteiger partial charge in [-0.25, -0.2) is 0 Å². The lowest BCUT2D eigenvalue weighted by molar-refractivity contribution is -0.123. The van der Waals surface area contributed by atoms with Gasteiger partial charge in [0, 0.05) is 6.42 Å². The van der Waals surface area contributed by atoms with Gasteiger partial charge in [-0.05, 0) is 51.4 Å². The molecule has 0 aliphatic rings. The molecule has 4 heteroatoms. The highest BCUT2D eigenvalue weighted by molar-refractivity contribution is 5.76. The maximum Gasteiger partial charge on any atom is 0.220 e. The second kappa shape index (κ2) is 48.0. The fourth-order valence-electron chi connectivity index (χ4n) is 7.71. The molecule has 3 N–H and O–H groups in total. The van der Waals surface area contributed by atoms with Crippen molar-refractivity contribution in [1.29, 1.82) is 0 Å². The van der Waals surface area contributed by atoms with Crippen molar-refractivity contribution >= 4 is 5.91 Å². The summed E-state index contributed by atoms with van der Waals surface area (Å²) in [6.07, 6.45) is 64.5. The SMILES string of the molecule is CCCC/C=C\CCCCCCCC(=O)NC(CO)C(O)/C=C/CC/C=C/CCCCCCCCCCCCCCCCCCCCCCCCCCCCC. The number of allylic oxidation sites excluding steroid dienone is 5. The van der Waals surface area contributed by atoms with Crippen molar-refractivity contribution in [2.75, 3.05) is 6.61 Å². The Bertz CT molecular complexity index is 851. The molecule has 0 aromatic rings. The van der Waals surface area contributed by atoms with Crippen molar-refractivity contribution in [3.05, 3.63) is 36.5 Å². The molecule has 0 aliphatic heterocycles. The van der Waals surface area contributed by atoms with Crippen LogP contribution in [-0.4, -0.2) is 34.9 Å². The average molecular weight is 786 g/mol. The third-order valence-corrected chi connectivity index (χ3v) is 11.6. The molecule has 0 aromatic heterocycles. The van der Waals surface area contributed by atoms with Gasteiger partial charge >= 0.3 is 0 Å². The van der Waals surface area contributed by atoms with Crippen molar-refractivity contribution in [1.82, 2.24) is 5.32 Å². The number of hydrogen-bond acceptors (Lipinski definition) is 3. The van der Waals surface area contributed by atoms with Crippen LogP contribution in [0.15, 0.2) is 36.5 Å². The summed E-state index contributed by atoms with van der Waals surface area (Å²) in [5, 5.41) is 23.0. The molecule has 0 fully saturated rings. The minimum atomic E-state index is -0.864. The first-order valence-electron chi connectivity index (χ1n) is 25.2. The van der Waals surface area contributed by atoms with E-state index in [1.165, 1.54) is 205 Å². The van der Waals surface area contributed by atoms with Crippen molar-refractivity contribution < 1.29 is 15.0 Å². The number of amides is 1. The third-order valence-electron chi connectivity index (χ3n) is 11.6. The number of nitrogens with one attached hydrogen (secondary N) is 1. The van der Waals surface area contributed by atoms with Crippen molar-refractivity contribution in [3.63, 3.8) is 0 Å². The smallest absolute Gasteiger partial charge is 0.220 e. The second-order valence-electron chi connectivity index (χ2n) is 17.2. The predicted molar refractivity (Wildman–Crippen MR) is 248 cm³/mol. The van der Waals surface area contributed by atoms with Gasteiger partial charge in [0.2, 0.25) is 5.91 Å². The van der Waals surface area contributed by atoms with Gasteiger partial charge < -0.3 is 15.5 Å². The molecule has 0 aromatic carbocycles. The van der Waals surface area contributed by atoms with E-state index in [1.54, 1.807) is 6.08 Å². The zero-order valence-corrected chi connectivity index (χ0v) is 37.9. The van der Waals surface area contributed by atoms with Gasteiger partial charge in [-0.2, -0.15) is 0 Å². The highest BCUT2D eigenvalue weighted by Gasteiger charge is 2.17. The van der Waals surface area contributed by atoms with E-state index in [0.29, 0.717) is 6.42 Å². The number of carbonyl (C=O) groups excluding carboxylic acids is 1. The summed E-state index contributed by atoms with van der Waals surface area (Å²) in [5.41, 5.74) is 0. The van der Waals surface area contributed by atoms with Gasteiger partial charge in [0.05, 0.1) is 18.8 Å². The minimum absolute atomic E-state index is 0.0838. The topological polar surface area (TPSA) is 69.6 Å². The molecule has 2 atom stereocenters. The fraction of sp³-hybridized carbons (Fsp3) is 0.865. The molecule has 0 spiro atoms. The van der Waals surface area contributed by atoms with E-state index in [2.05, 4.69) is 43.5 Å². The van der Waals surface area contributed by atoms with Gasteiger partial charge in [0.15, 0.2) is 0 Å². The molecule has 0 saturated heterocycles. The Hall–Kier alpha value is -1.39. The molecule has 0 rings (SSSR count). The van der Waals surface area contributed by atoms with Crippen LogP contribution in [0.4, 0.5) is 0 Å². The Kier molecular flexibility index (Phi) is 46.8. The summed E-state index contributed by atoms with van der Waals surface area (Å²) in [5.74, 6) is -0.0838. The number of aliphatic hydroxyl groups is 2. The summed E-state index contributed by atoms with van der Waals surface area (Å²) >= 11 is 0. The monoisotopic (exact) mass is 786 g/mol. The van der Waals surface area contributed by atoms with Crippen LogP contribution in [0.2, 0.25) is 0 Å². The highest BCUT2D eigenvalue weighted by Crippen LogP contribution is 2.17. The summed E-state index contributed by atoms with van der Waals surface area (Å²) in [6, 6.07) is -0.642. The average Bonchev–Trinajstić information content (AvgIpc) is 3.20.